The third kappa shape index (κ3) is 7.77. The number of urea groups is 1. The zero-order valence-electron chi connectivity index (χ0n) is 18.2. The van der Waals surface area contributed by atoms with Crippen LogP contribution in [0.1, 0.15) is 37.7 Å². The molecule has 0 unspecified atom stereocenters. The lowest BCUT2D eigenvalue weighted by Gasteiger charge is -2.31. The predicted octanol–water partition coefficient (Wildman–Crippen LogP) is 3.77. The van der Waals surface area contributed by atoms with Gasteiger partial charge in [0.15, 0.2) is 0 Å². The Morgan fingerprint density at radius 3 is 2.45 bits per heavy atom. The number of nitrogens with zero attached hydrogens (tertiary/aromatic N) is 2. The molecule has 8 nitrogen and oxygen atoms in total. The number of morpholine rings is 1. The maximum Gasteiger partial charge on any atom is 0.416 e. The van der Waals surface area contributed by atoms with Crippen molar-refractivity contribution >= 4 is 17.4 Å². The zero-order valence-corrected chi connectivity index (χ0v) is 18.2. The van der Waals surface area contributed by atoms with E-state index in [1.807, 2.05) is 4.90 Å². The Morgan fingerprint density at radius 2 is 1.88 bits per heavy atom. The smallest absolute Gasteiger partial charge is 0.378 e. The van der Waals surface area contributed by atoms with E-state index in [0.717, 1.165) is 44.2 Å². The second-order valence-corrected chi connectivity index (χ2v) is 7.85. The molecule has 33 heavy (non-hydrogen) atoms. The first-order chi connectivity index (χ1) is 15.8. The molecule has 0 spiro atoms. The summed E-state index contributed by atoms with van der Waals surface area (Å²) in [7, 11) is 0. The van der Waals surface area contributed by atoms with Gasteiger partial charge in [-0.25, -0.2) is 14.6 Å². The summed E-state index contributed by atoms with van der Waals surface area (Å²) in [6.45, 7) is 2.16. The van der Waals surface area contributed by atoms with Gasteiger partial charge in [-0.3, -0.25) is 0 Å². The standard InChI is InChI=1S/C18H24F3N3O2.C4H4N2O/c19-18(20,21)13-6-7-16(24-8-10-26-11-9-24)15(12-13)23-17(25)22-14-4-2-1-3-5-14;7-4-5-2-1-3-6-4/h6-7,12,14H,1-5,8-11H2,(H2,22,23,25);1-3H,(H,5,6,7). The topological polar surface area (TPSA) is 99.4 Å². The van der Waals surface area contributed by atoms with Crippen LogP contribution in [-0.4, -0.2) is 48.3 Å². The van der Waals surface area contributed by atoms with Gasteiger partial charge in [-0.15, -0.1) is 0 Å². The number of rotatable bonds is 3. The Hall–Kier alpha value is -3.08. The summed E-state index contributed by atoms with van der Waals surface area (Å²) in [5, 5.41) is 5.52. The van der Waals surface area contributed by atoms with Crippen LogP contribution in [-0.2, 0) is 10.9 Å². The Labute approximate surface area is 189 Å². The number of benzene rings is 1. The molecular weight excluding hydrogens is 439 g/mol. The number of carbonyl (C=O) groups excluding carboxylic acids is 1. The third-order valence-electron chi connectivity index (χ3n) is 5.45. The first-order valence-corrected chi connectivity index (χ1v) is 10.9. The van der Waals surface area contributed by atoms with Crippen molar-refractivity contribution in [2.45, 2.75) is 44.3 Å². The molecule has 11 heteroatoms. The molecule has 1 aliphatic heterocycles. The van der Waals surface area contributed by atoms with Gasteiger partial charge in [-0.1, -0.05) is 19.3 Å². The highest BCUT2D eigenvalue weighted by Gasteiger charge is 2.32. The molecule has 1 aliphatic carbocycles. The molecule has 2 aliphatic rings. The van der Waals surface area contributed by atoms with Crippen molar-refractivity contribution in [1.82, 2.24) is 15.3 Å². The average Bonchev–Trinajstić information content (AvgIpc) is 2.80. The van der Waals surface area contributed by atoms with Gasteiger partial charge >= 0.3 is 17.9 Å². The molecule has 180 valence electrons. The number of aromatic nitrogens is 2. The number of hydrogen-bond donors (Lipinski definition) is 3. The van der Waals surface area contributed by atoms with Crippen molar-refractivity contribution in [3.8, 4) is 0 Å². The fraction of sp³-hybridized carbons (Fsp3) is 0.500. The van der Waals surface area contributed by atoms with Crippen LogP contribution in [0, 0.1) is 0 Å². The van der Waals surface area contributed by atoms with Gasteiger partial charge in [-0.2, -0.15) is 13.2 Å². The number of aromatic amines is 1. The molecule has 0 atom stereocenters. The van der Waals surface area contributed by atoms with Gasteiger partial charge in [0.1, 0.15) is 0 Å². The number of anilines is 2. The van der Waals surface area contributed by atoms with E-state index in [-0.39, 0.29) is 17.4 Å². The average molecular weight is 467 g/mol. The maximum absolute atomic E-state index is 13.1. The first-order valence-electron chi connectivity index (χ1n) is 10.9. The van der Waals surface area contributed by atoms with Gasteiger partial charge < -0.3 is 25.3 Å². The molecule has 2 fully saturated rings. The van der Waals surface area contributed by atoms with E-state index in [1.54, 1.807) is 6.07 Å². The number of alkyl halides is 3. The number of ether oxygens (including phenoxy) is 1. The predicted molar refractivity (Wildman–Crippen MR) is 118 cm³/mol. The largest absolute Gasteiger partial charge is 0.416 e. The van der Waals surface area contributed by atoms with Crippen molar-refractivity contribution in [2.24, 2.45) is 0 Å². The molecular formula is C22H28F3N5O3. The van der Waals surface area contributed by atoms with Crippen molar-refractivity contribution in [3.05, 3.63) is 52.7 Å². The summed E-state index contributed by atoms with van der Waals surface area (Å²) in [6, 6.07) is 4.76. The lowest BCUT2D eigenvalue weighted by atomic mass is 9.96. The molecule has 1 aromatic carbocycles. The minimum absolute atomic E-state index is 0.0846. The molecule has 0 radical (unpaired) electrons. The molecule has 0 bridgehead atoms. The van der Waals surface area contributed by atoms with Crippen molar-refractivity contribution in [2.75, 3.05) is 36.5 Å². The number of H-pyrrole nitrogens is 1. The van der Waals surface area contributed by atoms with E-state index < -0.39 is 17.8 Å². The highest BCUT2D eigenvalue weighted by atomic mass is 19.4. The molecule has 2 heterocycles. The van der Waals surface area contributed by atoms with Crippen LogP contribution in [0.2, 0.25) is 0 Å². The van der Waals surface area contributed by atoms with Crippen LogP contribution in [0.4, 0.5) is 29.3 Å². The quantitative estimate of drug-likeness (QED) is 0.638. The second kappa shape index (κ2) is 11.7. The number of nitrogens with one attached hydrogen (secondary N) is 3. The van der Waals surface area contributed by atoms with Gasteiger partial charge in [-0.05, 0) is 37.1 Å². The summed E-state index contributed by atoms with van der Waals surface area (Å²) >= 11 is 0. The molecule has 1 aromatic heterocycles. The Bertz CT molecular complexity index is 937. The molecule has 1 saturated heterocycles. The van der Waals surface area contributed by atoms with E-state index >= 15 is 0 Å². The van der Waals surface area contributed by atoms with Gasteiger partial charge in [0.2, 0.25) is 0 Å². The van der Waals surface area contributed by atoms with Gasteiger partial charge in [0.25, 0.3) is 0 Å². The number of hydrogen-bond acceptors (Lipinski definition) is 5. The number of amides is 2. The Balaban J connectivity index is 0.000000374. The SMILES string of the molecule is O=C(Nc1cc(C(F)(F)F)ccc1N1CCOCC1)NC1CCCCC1.O=c1nccc[nH]1. The lowest BCUT2D eigenvalue weighted by Crippen LogP contribution is -2.40. The highest BCUT2D eigenvalue weighted by Crippen LogP contribution is 2.35. The van der Waals surface area contributed by atoms with Crippen LogP contribution in [0.15, 0.2) is 41.5 Å². The van der Waals surface area contributed by atoms with Crippen LogP contribution < -0.4 is 21.2 Å². The van der Waals surface area contributed by atoms with E-state index in [2.05, 4.69) is 20.6 Å². The van der Waals surface area contributed by atoms with Crippen LogP contribution in [0.25, 0.3) is 0 Å². The number of carbonyl (C=O) groups is 1. The monoisotopic (exact) mass is 467 g/mol. The van der Waals surface area contributed by atoms with Crippen LogP contribution >= 0.6 is 0 Å². The van der Waals surface area contributed by atoms with Gasteiger partial charge in [0.05, 0.1) is 30.2 Å². The zero-order chi connectivity index (χ0) is 23.7. The Kier molecular flexibility index (Phi) is 8.70. The summed E-state index contributed by atoms with van der Waals surface area (Å²) in [4.78, 5) is 30.1. The minimum atomic E-state index is -4.46. The van der Waals surface area contributed by atoms with E-state index in [0.29, 0.717) is 32.0 Å². The van der Waals surface area contributed by atoms with Crippen LogP contribution in [0.5, 0.6) is 0 Å². The fourth-order valence-electron chi connectivity index (χ4n) is 3.79. The van der Waals surface area contributed by atoms with Crippen molar-refractivity contribution < 1.29 is 22.7 Å². The molecule has 2 aromatic rings. The maximum atomic E-state index is 13.1. The Morgan fingerprint density at radius 1 is 1.15 bits per heavy atom. The minimum Gasteiger partial charge on any atom is -0.378 e. The first kappa shape index (κ1) is 24.6. The summed E-state index contributed by atoms with van der Waals surface area (Å²) in [6.07, 6.45) is 3.63. The molecule has 4 rings (SSSR count). The lowest BCUT2D eigenvalue weighted by molar-refractivity contribution is -0.137. The second-order valence-electron chi connectivity index (χ2n) is 7.85. The number of halogens is 3. The normalized spacial score (nSPS) is 17.0. The fourth-order valence-corrected chi connectivity index (χ4v) is 3.79. The summed E-state index contributed by atoms with van der Waals surface area (Å²) < 4.78 is 44.6. The summed E-state index contributed by atoms with van der Waals surface area (Å²) in [5.74, 6) is 0. The van der Waals surface area contributed by atoms with E-state index in [1.165, 1.54) is 18.5 Å². The highest BCUT2D eigenvalue weighted by molar-refractivity contribution is 5.93. The molecule has 3 N–H and O–H groups in total. The molecule has 1 saturated carbocycles. The third-order valence-corrected chi connectivity index (χ3v) is 5.45. The van der Waals surface area contributed by atoms with Crippen molar-refractivity contribution in [1.29, 1.82) is 0 Å². The van der Waals surface area contributed by atoms with Crippen LogP contribution in [0.3, 0.4) is 0 Å². The van der Waals surface area contributed by atoms with E-state index in [4.69, 9.17) is 4.74 Å². The van der Waals surface area contributed by atoms with Crippen molar-refractivity contribution in [3.63, 3.8) is 0 Å². The molecule has 2 amide bonds. The summed E-state index contributed by atoms with van der Waals surface area (Å²) in [5.41, 5.74) is -0.319. The van der Waals surface area contributed by atoms with E-state index in [9.17, 15) is 22.8 Å². The van der Waals surface area contributed by atoms with Gasteiger partial charge in [0, 0.05) is 31.5 Å².